The molecule has 7 nitrogen and oxygen atoms in total. The van der Waals surface area contributed by atoms with Crippen LogP contribution in [-0.4, -0.2) is 40.2 Å². The summed E-state index contributed by atoms with van der Waals surface area (Å²) in [4.78, 5) is 33.7. The lowest BCUT2D eigenvalue weighted by molar-refractivity contribution is -0.139. The van der Waals surface area contributed by atoms with Crippen molar-refractivity contribution in [3.8, 4) is 17.2 Å². The van der Waals surface area contributed by atoms with Gasteiger partial charge in [-0.2, -0.15) is 13.2 Å². The number of carboxylic acid groups (broad SMARTS) is 1. The number of rotatable bonds is 12. The number of carboxylic acids is 1. The standard InChI is InChI=1S/C34H29F3N2O5S/c1-20(18-29(40)22-8-11-25(12-9-22)34(35,36)37)38-28(33(41)42)19-24-10-13-30(26-15-17-45-31(24)26)43-16-14-27-21(2)44-32(39-27)23-6-4-3-5-7-23/h3-13,15,17,28H,14,16,18-19H2,1-2H3,(H,41,42). The second-order valence-corrected chi connectivity index (χ2v) is 11.4. The second kappa shape index (κ2) is 13.5. The van der Waals surface area contributed by atoms with Gasteiger partial charge in [-0.05, 0) is 61.2 Å². The first-order valence-corrected chi connectivity index (χ1v) is 15.0. The molecular formula is C34H29F3N2O5S. The van der Waals surface area contributed by atoms with Gasteiger partial charge in [-0.1, -0.05) is 36.4 Å². The zero-order chi connectivity index (χ0) is 32.1. The number of nitrogens with zero attached hydrogens (tertiary/aromatic N) is 2. The molecule has 0 aliphatic rings. The van der Waals surface area contributed by atoms with Crippen molar-refractivity contribution in [2.75, 3.05) is 6.61 Å². The first-order valence-electron chi connectivity index (χ1n) is 14.1. The minimum Gasteiger partial charge on any atom is -0.493 e. The minimum atomic E-state index is -4.50. The Hall–Kier alpha value is -4.77. The molecule has 1 atom stereocenters. The van der Waals surface area contributed by atoms with Gasteiger partial charge in [0.2, 0.25) is 5.89 Å². The molecule has 0 amide bonds. The molecule has 0 bridgehead atoms. The highest BCUT2D eigenvalue weighted by Crippen LogP contribution is 2.34. The number of oxazole rings is 1. The van der Waals surface area contributed by atoms with Crippen molar-refractivity contribution >= 4 is 38.9 Å². The predicted molar refractivity (Wildman–Crippen MR) is 166 cm³/mol. The number of carbonyl (C=O) groups excluding carboxylic acids is 1. The molecule has 5 rings (SSSR count). The topological polar surface area (TPSA) is 102 Å². The molecule has 45 heavy (non-hydrogen) atoms. The van der Waals surface area contributed by atoms with Crippen LogP contribution in [0, 0.1) is 6.92 Å². The highest BCUT2D eigenvalue weighted by atomic mass is 32.1. The third kappa shape index (κ3) is 7.66. The van der Waals surface area contributed by atoms with Crippen molar-refractivity contribution in [1.82, 2.24) is 4.98 Å². The number of alkyl halides is 3. The number of ether oxygens (including phenoxy) is 1. The van der Waals surface area contributed by atoms with Gasteiger partial charge in [-0.25, -0.2) is 9.78 Å². The lowest BCUT2D eigenvalue weighted by Gasteiger charge is -2.13. The smallest absolute Gasteiger partial charge is 0.416 e. The number of ketones is 1. The average Bonchev–Trinajstić information content (AvgIpc) is 3.65. The van der Waals surface area contributed by atoms with E-state index in [9.17, 15) is 27.9 Å². The number of halogens is 3. The van der Waals surface area contributed by atoms with Gasteiger partial charge in [0.15, 0.2) is 11.8 Å². The Morgan fingerprint density at radius 3 is 2.47 bits per heavy atom. The number of thiophene rings is 1. The van der Waals surface area contributed by atoms with E-state index in [-0.39, 0.29) is 24.1 Å². The van der Waals surface area contributed by atoms with E-state index in [1.807, 2.05) is 54.8 Å². The fourth-order valence-electron chi connectivity index (χ4n) is 4.89. The van der Waals surface area contributed by atoms with Crippen LogP contribution in [0.25, 0.3) is 21.5 Å². The zero-order valence-electron chi connectivity index (χ0n) is 24.4. The van der Waals surface area contributed by atoms with E-state index in [0.717, 1.165) is 56.9 Å². The third-order valence-electron chi connectivity index (χ3n) is 7.19. The molecule has 11 heteroatoms. The van der Waals surface area contributed by atoms with Crippen LogP contribution in [0.5, 0.6) is 5.75 Å². The number of carbonyl (C=O) groups is 2. The first kappa shape index (κ1) is 31.6. The van der Waals surface area contributed by atoms with Crippen LogP contribution in [0.2, 0.25) is 0 Å². The van der Waals surface area contributed by atoms with E-state index in [4.69, 9.17) is 9.15 Å². The Labute approximate surface area is 261 Å². The number of aliphatic imine (C=N–C) groups is 1. The molecule has 0 spiro atoms. The fourth-order valence-corrected chi connectivity index (χ4v) is 5.83. The molecule has 3 aromatic carbocycles. The summed E-state index contributed by atoms with van der Waals surface area (Å²) in [6, 6.07) is 17.9. The second-order valence-electron chi connectivity index (χ2n) is 10.5. The molecule has 0 radical (unpaired) electrons. The van der Waals surface area contributed by atoms with Crippen molar-refractivity contribution in [2.45, 2.75) is 45.3 Å². The summed E-state index contributed by atoms with van der Waals surface area (Å²) in [5.74, 6) is 0.341. The Morgan fingerprint density at radius 1 is 1.04 bits per heavy atom. The summed E-state index contributed by atoms with van der Waals surface area (Å²) in [5, 5.41) is 12.7. The number of aliphatic carboxylic acids is 1. The van der Waals surface area contributed by atoms with Gasteiger partial charge in [0.1, 0.15) is 11.5 Å². The molecule has 232 valence electrons. The highest BCUT2D eigenvalue weighted by molar-refractivity contribution is 7.17. The molecule has 0 fully saturated rings. The number of fused-ring (bicyclic) bond motifs is 1. The van der Waals surface area contributed by atoms with Crippen molar-refractivity contribution in [2.24, 2.45) is 4.99 Å². The van der Waals surface area contributed by atoms with E-state index in [2.05, 4.69) is 9.98 Å². The normalized spacial score (nSPS) is 12.8. The molecule has 5 aromatic rings. The Balaban J connectivity index is 1.24. The van der Waals surface area contributed by atoms with Gasteiger partial charge in [-0.3, -0.25) is 9.79 Å². The van der Waals surface area contributed by atoms with E-state index >= 15 is 0 Å². The molecule has 0 saturated carbocycles. The molecule has 1 N–H and O–H groups in total. The van der Waals surface area contributed by atoms with Crippen LogP contribution in [0.4, 0.5) is 13.2 Å². The quantitative estimate of drug-likeness (QED) is 0.110. The maximum absolute atomic E-state index is 12.8. The Kier molecular flexibility index (Phi) is 9.48. The van der Waals surface area contributed by atoms with Crippen LogP contribution in [-0.2, 0) is 23.8 Å². The van der Waals surface area contributed by atoms with Crippen molar-refractivity contribution < 1.29 is 37.0 Å². The number of aryl methyl sites for hydroxylation is 1. The monoisotopic (exact) mass is 634 g/mol. The van der Waals surface area contributed by atoms with E-state index in [1.54, 1.807) is 6.07 Å². The zero-order valence-corrected chi connectivity index (χ0v) is 25.2. The minimum absolute atomic E-state index is 0.0822. The predicted octanol–water partition coefficient (Wildman–Crippen LogP) is 8.23. The van der Waals surface area contributed by atoms with Gasteiger partial charge in [0, 0.05) is 46.2 Å². The van der Waals surface area contributed by atoms with Crippen LogP contribution < -0.4 is 4.74 Å². The molecule has 1 unspecified atom stereocenters. The van der Waals surface area contributed by atoms with Crippen LogP contribution >= 0.6 is 11.3 Å². The van der Waals surface area contributed by atoms with Gasteiger partial charge < -0.3 is 14.3 Å². The Morgan fingerprint density at radius 2 is 1.78 bits per heavy atom. The van der Waals surface area contributed by atoms with E-state index < -0.39 is 29.5 Å². The molecule has 0 saturated heterocycles. The van der Waals surface area contributed by atoms with Crippen molar-refractivity contribution in [3.05, 3.63) is 106 Å². The fraction of sp³-hybridized carbons (Fsp3) is 0.235. The molecule has 0 aliphatic carbocycles. The van der Waals surface area contributed by atoms with Gasteiger partial charge in [0.05, 0.1) is 17.9 Å². The summed E-state index contributed by atoms with van der Waals surface area (Å²) in [6.07, 6.45) is -4.10. The van der Waals surface area contributed by atoms with Gasteiger partial charge >= 0.3 is 12.1 Å². The SMILES string of the molecule is CC(CC(=O)c1ccc(C(F)(F)F)cc1)=NC(Cc1ccc(OCCc2nc(-c3ccccc3)oc2C)c2ccsc12)C(=O)O. The average molecular weight is 635 g/mol. The summed E-state index contributed by atoms with van der Waals surface area (Å²) in [6.45, 7) is 3.77. The van der Waals surface area contributed by atoms with E-state index in [0.29, 0.717) is 24.7 Å². The number of hydrogen-bond donors (Lipinski definition) is 1. The van der Waals surface area contributed by atoms with Gasteiger partial charge in [-0.15, -0.1) is 11.3 Å². The Bertz CT molecular complexity index is 1840. The maximum Gasteiger partial charge on any atom is 0.416 e. The first-order chi connectivity index (χ1) is 21.5. The van der Waals surface area contributed by atoms with Crippen molar-refractivity contribution in [3.63, 3.8) is 0 Å². The van der Waals surface area contributed by atoms with Crippen LogP contribution in [0.3, 0.4) is 0 Å². The molecule has 0 aliphatic heterocycles. The highest BCUT2D eigenvalue weighted by Gasteiger charge is 2.30. The summed E-state index contributed by atoms with van der Waals surface area (Å²) in [7, 11) is 0. The maximum atomic E-state index is 12.8. The summed E-state index contributed by atoms with van der Waals surface area (Å²) >= 11 is 1.46. The number of aromatic nitrogens is 1. The number of Topliss-reactive ketones (excluding diaryl/α,β-unsaturated/α-hetero) is 1. The van der Waals surface area contributed by atoms with E-state index in [1.165, 1.54) is 18.3 Å². The summed E-state index contributed by atoms with van der Waals surface area (Å²) in [5.41, 5.74) is 1.98. The lowest BCUT2D eigenvalue weighted by Crippen LogP contribution is -2.23. The molecular weight excluding hydrogens is 605 g/mol. The number of benzene rings is 3. The third-order valence-corrected chi connectivity index (χ3v) is 8.18. The van der Waals surface area contributed by atoms with Crippen molar-refractivity contribution in [1.29, 1.82) is 0 Å². The summed E-state index contributed by atoms with van der Waals surface area (Å²) < 4.78 is 51.3. The largest absolute Gasteiger partial charge is 0.493 e. The molecule has 2 aromatic heterocycles. The van der Waals surface area contributed by atoms with Crippen LogP contribution in [0.1, 0.15) is 46.3 Å². The molecule has 2 heterocycles. The number of hydrogen-bond acceptors (Lipinski definition) is 7. The van der Waals surface area contributed by atoms with Gasteiger partial charge in [0.25, 0.3) is 0 Å². The lowest BCUT2D eigenvalue weighted by atomic mass is 10.0. The van der Waals surface area contributed by atoms with Crippen LogP contribution in [0.15, 0.2) is 87.6 Å².